The van der Waals surface area contributed by atoms with Crippen LogP contribution in [0.3, 0.4) is 0 Å². The third kappa shape index (κ3) is 16.2. The first-order valence-electron chi connectivity index (χ1n) is 8.68. The van der Waals surface area contributed by atoms with Gasteiger partial charge in [-0.2, -0.15) is 11.1 Å². The molecule has 0 radical (unpaired) electrons. The molecule has 0 aliphatic carbocycles. The molecule has 2 nitrogen and oxygen atoms in total. The van der Waals surface area contributed by atoms with Gasteiger partial charge in [0.15, 0.2) is 0 Å². The lowest BCUT2D eigenvalue weighted by Gasteiger charge is -2.11. The maximum atomic E-state index is 11.2. The molecule has 0 aliphatic heterocycles. The fourth-order valence-corrected chi connectivity index (χ4v) is 3.72. The molecular weight excluding hydrogens is 300 g/mol. The summed E-state index contributed by atoms with van der Waals surface area (Å²) in [5.41, 5.74) is 0. The second kappa shape index (κ2) is 12.5. The number of esters is 1. The van der Waals surface area contributed by atoms with Gasteiger partial charge < -0.3 is 4.74 Å². The summed E-state index contributed by atoms with van der Waals surface area (Å²) in [5, 5.41) is 0. The Bertz CT molecular complexity index is 262. The lowest BCUT2D eigenvalue weighted by Crippen LogP contribution is -2.14. The number of carbonyl (C=O) groups excluding carboxylic acids is 1. The van der Waals surface area contributed by atoms with Gasteiger partial charge in [-0.15, -0.1) is 0 Å². The molecule has 4 heteroatoms. The van der Waals surface area contributed by atoms with Crippen molar-refractivity contribution in [1.29, 1.82) is 0 Å². The second-order valence-corrected chi connectivity index (χ2v) is 14.0. The van der Waals surface area contributed by atoms with Gasteiger partial charge >= 0.3 is 5.97 Å². The van der Waals surface area contributed by atoms with Gasteiger partial charge in [0.25, 0.3) is 0 Å². The monoisotopic (exact) mass is 334 g/mol. The zero-order chi connectivity index (χ0) is 16.1. The summed E-state index contributed by atoms with van der Waals surface area (Å²) in [6, 6.07) is 1.25. The Labute approximate surface area is 137 Å². The van der Waals surface area contributed by atoms with Crippen molar-refractivity contribution in [3.63, 3.8) is 0 Å². The van der Waals surface area contributed by atoms with Crippen LogP contribution in [0.1, 0.15) is 71.6 Å². The maximum Gasteiger partial charge on any atom is 0.308 e. The van der Waals surface area contributed by atoms with Crippen LogP contribution in [-0.4, -0.2) is 20.0 Å². The van der Waals surface area contributed by atoms with Crippen LogP contribution in [0.15, 0.2) is 0 Å². The van der Waals surface area contributed by atoms with Crippen LogP contribution in [-0.2, 0) is 9.53 Å². The zero-order valence-corrected chi connectivity index (χ0v) is 16.3. The van der Waals surface area contributed by atoms with Crippen molar-refractivity contribution in [3.05, 3.63) is 0 Å². The van der Waals surface area contributed by atoms with Crippen LogP contribution in [0.25, 0.3) is 0 Å². The summed E-state index contributed by atoms with van der Waals surface area (Å²) in [4.78, 5) is 11.2. The van der Waals surface area contributed by atoms with Crippen LogP contribution in [0, 0.1) is 5.92 Å². The summed E-state index contributed by atoms with van der Waals surface area (Å²) in [5.74, 6) is -0.0739. The van der Waals surface area contributed by atoms with E-state index in [4.69, 9.17) is 15.8 Å². The van der Waals surface area contributed by atoms with Gasteiger partial charge in [0.05, 0.1) is 12.5 Å². The molecular formula is C17H35ClO2Si. The van der Waals surface area contributed by atoms with Crippen molar-refractivity contribution in [2.24, 2.45) is 5.92 Å². The minimum absolute atomic E-state index is 0.00274. The first-order chi connectivity index (χ1) is 9.83. The van der Waals surface area contributed by atoms with E-state index in [1.165, 1.54) is 57.4 Å². The van der Waals surface area contributed by atoms with Gasteiger partial charge in [-0.05, 0) is 12.5 Å². The minimum atomic E-state index is -1.33. The molecule has 0 spiro atoms. The predicted octanol–water partition coefficient (Wildman–Crippen LogP) is 6.14. The number of rotatable bonds is 13. The Morgan fingerprint density at radius 3 is 1.76 bits per heavy atom. The average molecular weight is 335 g/mol. The van der Waals surface area contributed by atoms with Crippen molar-refractivity contribution in [3.8, 4) is 0 Å². The Kier molecular flexibility index (Phi) is 12.5. The highest BCUT2D eigenvalue weighted by Gasteiger charge is 2.15. The van der Waals surface area contributed by atoms with Crippen molar-refractivity contribution < 1.29 is 9.53 Å². The summed E-state index contributed by atoms with van der Waals surface area (Å²) < 4.78 is 5.16. The highest BCUT2D eigenvalue weighted by Crippen LogP contribution is 2.19. The predicted molar refractivity (Wildman–Crippen MR) is 95.5 cm³/mol. The van der Waals surface area contributed by atoms with Crippen molar-refractivity contribution in [2.45, 2.75) is 90.8 Å². The number of unbranched alkanes of at least 4 members (excludes halogenated alkanes) is 8. The molecule has 0 heterocycles. The molecule has 0 N–H and O–H groups in total. The van der Waals surface area contributed by atoms with Crippen LogP contribution in [0.2, 0.25) is 19.1 Å². The first kappa shape index (κ1) is 21.0. The lowest BCUT2D eigenvalue weighted by molar-refractivity contribution is -0.147. The van der Waals surface area contributed by atoms with E-state index < -0.39 is 7.38 Å². The molecule has 0 amide bonds. The van der Waals surface area contributed by atoms with Gasteiger partial charge in [0.2, 0.25) is 0 Å². The number of hydrogen-bond donors (Lipinski definition) is 0. The van der Waals surface area contributed by atoms with Gasteiger partial charge in [-0.3, -0.25) is 4.79 Å². The molecule has 0 aromatic carbocycles. The Morgan fingerprint density at radius 2 is 1.33 bits per heavy atom. The molecule has 126 valence electrons. The summed E-state index contributed by atoms with van der Waals surface area (Å²) in [6.07, 6.45) is 11.5. The molecule has 0 aromatic rings. The number of carbonyl (C=O) groups is 1. The van der Waals surface area contributed by atoms with Gasteiger partial charge in [-0.25, -0.2) is 0 Å². The minimum Gasteiger partial charge on any atom is -0.465 e. The molecule has 0 fully saturated rings. The Balaban J connectivity index is 3.14. The van der Waals surface area contributed by atoms with Crippen LogP contribution < -0.4 is 0 Å². The topological polar surface area (TPSA) is 26.3 Å². The SMILES string of the molecule is CC(C)C(=O)OCCCCCCCCCCC[Si](C)(C)Cl. The maximum absolute atomic E-state index is 11.2. The quantitative estimate of drug-likeness (QED) is 0.175. The fraction of sp³-hybridized carbons (Fsp3) is 0.941. The summed E-state index contributed by atoms with van der Waals surface area (Å²) in [7, 11) is -1.33. The third-order valence-corrected chi connectivity index (χ3v) is 5.74. The standard InChI is InChI=1S/C17H35ClO2Si/c1-16(2)17(19)20-14-12-10-8-6-5-7-9-11-13-15-21(3,4)18/h16H,5-15H2,1-4H3. The highest BCUT2D eigenvalue weighted by molar-refractivity contribution is 7.19. The average Bonchev–Trinajstić information content (AvgIpc) is 2.38. The van der Waals surface area contributed by atoms with E-state index in [0.717, 1.165) is 6.42 Å². The van der Waals surface area contributed by atoms with E-state index in [2.05, 4.69) is 13.1 Å². The number of halogens is 1. The van der Waals surface area contributed by atoms with E-state index in [1.807, 2.05) is 13.8 Å². The fourth-order valence-electron chi connectivity index (χ4n) is 2.22. The Morgan fingerprint density at radius 1 is 0.905 bits per heavy atom. The number of hydrogen-bond acceptors (Lipinski definition) is 2. The van der Waals surface area contributed by atoms with Crippen molar-refractivity contribution >= 4 is 24.4 Å². The van der Waals surface area contributed by atoms with Crippen LogP contribution >= 0.6 is 11.1 Å². The van der Waals surface area contributed by atoms with Gasteiger partial charge in [-0.1, -0.05) is 78.3 Å². The van der Waals surface area contributed by atoms with E-state index in [-0.39, 0.29) is 11.9 Å². The largest absolute Gasteiger partial charge is 0.465 e. The normalized spacial score (nSPS) is 11.9. The zero-order valence-electron chi connectivity index (χ0n) is 14.5. The smallest absolute Gasteiger partial charge is 0.308 e. The number of ether oxygens (including phenoxy) is 1. The molecule has 0 aliphatic rings. The van der Waals surface area contributed by atoms with E-state index in [1.54, 1.807) is 0 Å². The van der Waals surface area contributed by atoms with E-state index in [0.29, 0.717) is 6.61 Å². The third-order valence-electron chi connectivity index (χ3n) is 3.63. The highest BCUT2D eigenvalue weighted by atomic mass is 35.6. The van der Waals surface area contributed by atoms with Crippen LogP contribution in [0.4, 0.5) is 0 Å². The van der Waals surface area contributed by atoms with E-state index >= 15 is 0 Å². The molecule has 21 heavy (non-hydrogen) atoms. The van der Waals surface area contributed by atoms with Crippen LogP contribution in [0.5, 0.6) is 0 Å². The van der Waals surface area contributed by atoms with Gasteiger partial charge in [0.1, 0.15) is 7.38 Å². The molecule has 0 bridgehead atoms. The molecule has 0 saturated carbocycles. The molecule has 0 rings (SSSR count). The molecule has 0 atom stereocenters. The molecule has 0 aromatic heterocycles. The molecule has 0 saturated heterocycles. The Hall–Kier alpha value is -0.0231. The first-order valence-corrected chi connectivity index (χ1v) is 12.9. The summed E-state index contributed by atoms with van der Waals surface area (Å²) in [6.45, 7) is 8.80. The summed E-state index contributed by atoms with van der Waals surface area (Å²) >= 11 is 6.30. The van der Waals surface area contributed by atoms with E-state index in [9.17, 15) is 4.79 Å². The molecule has 0 unspecified atom stereocenters. The van der Waals surface area contributed by atoms with Crippen molar-refractivity contribution in [1.82, 2.24) is 0 Å². The van der Waals surface area contributed by atoms with Gasteiger partial charge in [0, 0.05) is 0 Å². The second-order valence-electron chi connectivity index (χ2n) is 6.97. The lowest BCUT2D eigenvalue weighted by atomic mass is 10.1. The van der Waals surface area contributed by atoms with Crippen molar-refractivity contribution in [2.75, 3.05) is 6.61 Å².